The highest BCUT2D eigenvalue weighted by atomic mass is 16.5. The van der Waals surface area contributed by atoms with Crippen molar-refractivity contribution in [2.75, 3.05) is 0 Å². The largest absolute Gasteiger partial charge is 0.459 e. The zero-order valence-electron chi connectivity index (χ0n) is 7.75. The molecule has 1 N–H and O–H groups in total. The lowest BCUT2D eigenvalue weighted by Crippen LogP contribution is -2.32. The first-order valence-corrected chi connectivity index (χ1v) is 4.79. The van der Waals surface area contributed by atoms with Gasteiger partial charge in [0, 0.05) is 6.42 Å². The van der Waals surface area contributed by atoms with Crippen LogP contribution in [-0.4, -0.2) is 23.3 Å². The van der Waals surface area contributed by atoms with Crippen molar-refractivity contribution in [3.8, 4) is 0 Å². The minimum atomic E-state index is -0.580. The maximum atomic E-state index is 11.4. The monoisotopic (exact) mass is 182 g/mol. The molecule has 72 valence electrons. The fraction of sp³-hybridized carbons (Fsp3) is 0.700. The van der Waals surface area contributed by atoms with Gasteiger partial charge in [-0.25, -0.2) is 4.79 Å². The molecule has 0 bridgehead atoms. The molecule has 1 aliphatic carbocycles. The summed E-state index contributed by atoms with van der Waals surface area (Å²) in [7, 11) is 0. The fourth-order valence-corrected chi connectivity index (χ4v) is 2.15. The van der Waals surface area contributed by atoms with Crippen molar-refractivity contribution in [1.82, 2.24) is 0 Å². The van der Waals surface area contributed by atoms with Crippen LogP contribution < -0.4 is 0 Å². The maximum absolute atomic E-state index is 11.4. The predicted molar refractivity (Wildman–Crippen MR) is 47.1 cm³/mol. The highest BCUT2D eigenvalue weighted by Gasteiger charge is 2.33. The molecule has 0 unspecified atom stereocenters. The lowest BCUT2D eigenvalue weighted by atomic mass is 9.85. The van der Waals surface area contributed by atoms with Gasteiger partial charge in [-0.15, -0.1) is 0 Å². The van der Waals surface area contributed by atoms with Gasteiger partial charge in [-0.05, 0) is 26.2 Å². The smallest absolute Gasteiger partial charge is 0.336 e. The molecule has 3 heteroatoms. The zero-order valence-corrected chi connectivity index (χ0v) is 7.75. The number of aliphatic hydroxyl groups is 1. The van der Waals surface area contributed by atoms with Crippen molar-refractivity contribution < 1.29 is 14.6 Å². The number of cyclic esters (lactones) is 1. The van der Waals surface area contributed by atoms with Crippen LogP contribution in [0.2, 0.25) is 0 Å². The Kier molecular flexibility index (Phi) is 2.12. The summed E-state index contributed by atoms with van der Waals surface area (Å²) in [4.78, 5) is 11.4. The van der Waals surface area contributed by atoms with Gasteiger partial charge in [-0.2, -0.15) is 0 Å². The second-order valence-corrected chi connectivity index (χ2v) is 3.85. The lowest BCUT2D eigenvalue weighted by Gasteiger charge is -2.30. The quantitative estimate of drug-likeness (QED) is 0.572. The molecular weight excluding hydrogens is 168 g/mol. The summed E-state index contributed by atoms with van der Waals surface area (Å²) in [6.07, 6.45) is 2.84. The zero-order chi connectivity index (χ0) is 9.42. The van der Waals surface area contributed by atoms with Crippen molar-refractivity contribution in [3.63, 3.8) is 0 Å². The minimum Gasteiger partial charge on any atom is -0.459 e. The third kappa shape index (κ3) is 1.48. The molecule has 0 aromatic carbocycles. The average Bonchev–Trinajstić information content (AvgIpc) is 2.02. The Balaban J connectivity index is 2.32. The van der Waals surface area contributed by atoms with Gasteiger partial charge in [-0.3, -0.25) is 0 Å². The van der Waals surface area contributed by atoms with E-state index in [1.54, 1.807) is 0 Å². The van der Waals surface area contributed by atoms with Gasteiger partial charge < -0.3 is 9.84 Å². The van der Waals surface area contributed by atoms with Crippen molar-refractivity contribution >= 4 is 5.97 Å². The van der Waals surface area contributed by atoms with Crippen molar-refractivity contribution in [2.24, 2.45) is 0 Å². The second kappa shape index (κ2) is 3.14. The van der Waals surface area contributed by atoms with Gasteiger partial charge >= 0.3 is 5.97 Å². The van der Waals surface area contributed by atoms with E-state index in [0.29, 0.717) is 12.0 Å². The summed E-state index contributed by atoms with van der Waals surface area (Å²) in [5.41, 5.74) is 1.66. The first kappa shape index (κ1) is 8.75. The van der Waals surface area contributed by atoms with Crippen LogP contribution in [0.5, 0.6) is 0 Å². The third-order valence-electron chi connectivity index (χ3n) is 2.73. The molecule has 3 nitrogen and oxygen atoms in total. The molecule has 0 aromatic heterocycles. The van der Waals surface area contributed by atoms with Gasteiger partial charge in [-0.1, -0.05) is 5.57 Å². The molecule has 0 spiro atoms. The molecule has 0 radical (unpaired) electrons. The lowest BCUT2D eigenvalue weighted by molar-refractivity contribution is -0.146. The normalized spacial score (nSPS) is 34.2. The molecule has 2 rings (SSSR count). The highest BCUT2D eigenvalue weighted by Crippen LogP contribution is 2.33. The van der Waals surface area contributed by atoms with Crippen molar-refractivity contribution in [2.45, 2.75) is 44.8 Å². The Morgan fingerprint density at radius 3 is 3.08 bits per heavy atom. The van der Waals surface area contributed by atoms with Gasteiger partial charge in [0.2, 0.25) is 0 Å². The number of aliphatic hydroxyl groups excluding tert-OH is 1. The number of ether oxygens (including phenoxy) is 1. The SMILES string of the molecule is C[C@@H]1CC2=C(C(=O)O1)[C@H](O)CCC2. The summed E-state index contributed by atoms with van der Waals surface area (Å²) >= 11 is 0. The van der Waals surface area contributed by atoms with Gasteiger partial charge in [0.05, 0.1) is 11.7 Å². The van der Waals surface area contributed by atoms with E-state index in [9.17, 15) is 9.90 Å². The van der Waals surface area contributed by atoms with Crippen molar-refractivity contribution in [3.05, 3.63) is 11.1 Å². The van der Waals surface area contributed by atoms with E-state index in [1.807, 2.05) is 6.92 Å². The average molecular weight is 182 g/mol. The molecule has 0 fully saturated rings. The summed E-state index contributed by atoms with van der Waals surface area (Å²) in [5, 5.41) is 9.60. The Labute approximate surface area is 77.4 Å². The van der Waals surface area contributed by atoms with E-state index in [1.165, 1.54) is 0 Å². The first-order valence-electron chi connectivity index (χ1n) is 4.79. The van der Waals surface area contributed by atoms with E-state index >= 15 is 0 Å². The van der Waals surface area contributed by atoms with E-state index in [0.717, 1.165) is 24.8 Å². The van der Waals surface area contributed by atoms with Gasteiger partial charge in [0.1, 0.15) is 6.10 Å². The van der Waals surface area contributed by atoms with Crippen LogP contribution in [0.1, 0.15) is 32.6 Å². The topological polar surface area (TPSA) is 46.5 Å². The molecule has 0 aromatic rings. The summed E-state index contributed by atoms with van der Waals surface area (Å²) in [6, 6.07) is 0. The molecular formula is C10H14O3. The van der Waals surface area contributed by atoms with Gasteiger partial charge in [0.25, 0.3) is 0 Å². The highest BCUT2D eigenvalue weighted by molar-refractivity contribution is 5.91. The molecule has 1 heterocycles. The Hall–Kier alpha value is -0.830. The number of hydrogen-bond acceptors (Lipinski definition) is 3. The second-order valence-electron chi connectivity index (χ2n) is 3.85. The van der Waals surface area contributed by atoms with E-state index < -0.39 is 6.10 Å². The van der Waals surface area contributed by atoms with Crippen LogP contribution in [0.25, 0.3) is 0 Å². The Bertz CT molecular complexity index is 267. The predicted octanol–water partition coefficient (Wildman–Crippen LogP) is 1.16. The third-order valence-corrected chi connectivity index (χ3v) is 2.73. The maximum Gasteiger partial charge on any atom is 0.336 e. The molecule has 0 saturated carbocycles. The van der Waals surface area contributed by atoms with Crippen LogP contribution in [-0.2, 0) is 9.53 Å². The van der Waals surface area contributed by atoms with Crippen LogP contribution in [0.15, 0.2) is 11.1 Å². The fourth-order valence-electron chi connectivity index (χ4n) is 2.15. The molecule has 13 heavy (non-hydrogen) atoms. The van der Waals surface area contributed by atoms with Gasteiger partial charge in [0.15, 0.2) is 0 Å². The van der Waals surface area contributed by atoms with E-state index in [4.69, 9.17) is 4.74 Å². The summed E-state index contributed by atoms with van der Waals surface area (Å²) in [5.74, 6) is -0.305. The standard InChI is InChI=1S/C10H14O3/c1-6-5-7-3-2-4-8(11)9(7)10(12)13-6/h6,8,11H,2-5H2,1H3/t6-,8-/m1/s1. The molecule has 2 atom stereocenters. The number of hydrogen-bond donors (Lipinski definition) is 1. The number of rotatable bonds is 0. The molecule has 1 aliphatic heterocycles. The van der Waals surface area contributed by atoms with Crippen LogP contribution in [0.3, 0.4) is 0 Å². The molecule has 0 amide bonds. The van der Waals surface area contributed by atoms with E-state index in [-0.39, 0.29) is 12.1 Å². The number of esters is 1. The Morgan fingerprint density at radius 2 is 2.31 bits per heavy atom. The number of carbonyl (C=O) groups is 1. The van der Waals surface area contributed by atoms with Crippen molar-refractivity contribution in [1.29, 1.82) is 0 Å². The first-order chi connectivity index (χ1) is 6.18. The summed E-state index contributed by atoms with van der Waals surface area (Å²) < 4.78 is 5.07. The Morgan fingerprint density at radius 1 is 1.54 bits per heavy atom. The van der Waals surface area contributed by atoms with E-state index in [2.05, 4.69) is 0 Å². The number of carbonyl (C=O) groups excluding carboxylic acids is 1. The minimum absolute atomic E-state index is 0.0171. The summed E-state index contributed by atoms with van der Waals surface area (Å²) in [6.45, 7) is 1.89. The molecule has 2 aliphatic rings. The van der Waals surface area contributed by atoms with Crippen LogP contribution in [0.4, 0.5) is 0 Å². The van der Waals surface area contributed by atoms with Crippen LogP contribution in [0, 0.1) is 0 Å². The molecule has 0 saturated heterocycles. The van der Waals surface area contributed by atoms with Crippen LogP contribution >= 0.6 is 0 Å².